The molecule has 0 N–H and O–H groups in total. The minimum absolute atomic E-state index is 0.0444. The summed E-state index contributed by atoms with van der Waals surface area (Å²) in [5.74, 6) is 0.577. The normalized spacial score (nSPS) is 10.8. The van der Waals surface area contributed by atoms with E-state index in [9.17, 15) is 4.79 Å². The highest BCUT2D eigenvalue weighted by Crippen LogP contribution is 2.27. The van der Waals surface area contributed by atoms with Crippen molar-refractivity contribution in [1.29, 1.82) is 0 Å². The van der Waals surface area contributed by atoms with Crippen LogP contribution in [-0.4, -0.2) is 37.3 Å². The van der Waals surface area contributed by atoms with E-state index in [1.165, 1.54) is 28.9 Å². The molecule has 130 valence electrons. The predicted octanol–water partition coefficient (Wildman–Crippen LogP) is 3.55. The number of ether oxygens (including phenoxy) is 1. The molecule has 3 aromatic rings. The Morgan fingerprint density at radius 1 is 1.32 bits per heavy atom. The largest absolute Gasteiger partial charge is 0.453 e. The van der Waals surface area contributed by atoms with Crippen LogP contribution in [0.2, 0.25) is 0 Å². The zero-order valence-corrected chi connectivity index (χ0v) is 15.9. The first-order chi connectivity index (χ1) is 12.1. The lowest BCUT2D eigenvalue weighted by atomic mass is 10.1. The summed E-state index contributed by atoms with van der Waals surface area (Å²) < 4.78 is 11.2. The molecule has 2 heterocycles. The molecular formula is C17H18N4O2S2. The lowest BCUT2D eigenvalue weighted by Crippen LogP contribution is -2.15. The topological polar surface area (TPSA) is 69.9 Å². The maximum Gasteiger partial charge on any atom is 0.328 e. The quantitative estimate of drug-likeness (QED) is 0.485. The number of aryl methyl sites for hydroxylation is 2. The van der Waals surface area contributed by atoms with Crippen LogP contribution in [0.5, 0.6) is 0 Å². The fourth-order valence-electron chi connectivity index (χ4n) is 2.36. The van der Waals surface area contributed by atoms with Gasteiger partial charge in [-0.15, -0.1) is 11.8 Å². The van der Waals surface area contributed by atoms with E-state index < -0.39 is 0 Å². The molecule has 0 unspecified atom stereocenters. The van der Waals surface area contributed by atoms with E-state index in [2.05, 4.69) is 20.5 Å². The van der Waals surface area contributed by atoms with Crippen LogP contribution >= 0.6 is 23.3 Å². The van der Waals surface area contributed by atoms with Crippen molar-refractivity contribution in [1.82, 2.24) is 19.1 Å². The van der Waals surface area contributed by atoms with Crippen LogP contribution in [0.1, 0.15) is 11.3 Å². The molecule has 0 aliphatic carbocycles. The van der Waals surface area contributed by atoms with Gasteiger partial charge in [0.2, 0.25) is 0 Å². The first kappa shape index (κ1) is 17.6. The molecule has 0 saturated carbocycles. The molecule has 25 heavy (non-hydrogen) atoms. The molecule has 1 aromatic carbocycles. The van der Waals surface area contributed by atoms with Crippen LogP contribution in [0.4, 0.5) is 0 Å². The lowest BCUT2D eigenvalue weighted by Gasteiger charge is -2.05. The van der Waals surface area contributed by atoms with Crippen molar-refractivity contribution in [2.24, 2.45) is 0 Å². The van der Waals surface area contributed by atoms with E-state index in [1.54, 1.807) is 4.68 Å². The van der Waals surface area contributed by atoms with Crippen molar-refractivity contribution in [3.8, 4) is 22.1 Å². The maximum absolute atomic E-state index is 11.9. The molecule has 0 bridgehead atoms. The number of carbonyl (C=O) groups is 1. The Balaban J connectivity index is 1.86. The number of carbonyl (C=O) groups excluding carboxylic acids is 1. The number of hydrogen-bond donors (Lipinski definition) is 0. The fourth-order valence-corrected chi connectivity index (χ4v) is 3.28. The molecule has 0 radical (unpaired) electrons. The summed E-state index contributed by atoms with van der Waals surface area (Å²) >= 11 is 2.79. The van der Waals surface area contributed by atoms with E-state index in [0.717, 1.165) is 16.3 Å². The molecule has 0 aliphatic rings. The first-order valence-electron chi connectivity index (χ1n) is 7.67. The second kappa shape index (κ2) is 7.79. The van der Waals surface area contributed by atoms with E-state index in [0.29, 0.717) is 17.5 Å². The minimum atomic E-state index is -0.326. The Labute approximate surface area is 154 Å². The van der Waals surface area contributed by atoms with E-state index in [1.807, 2.05) is 44.4 Å². The molecule has 0 atom stereocenters. The van der Waals surface area contributed by atoms with Gasteiger partial charge in [-0.2, -0.15) is 9.47 Å². The van der Waals surface area contributed by atoms with Crippen LogP contribution in [0.25, 0.3) is 22.1 Å². The monoisotopic (exact) mass is 374 g/mol. The third-order valence-corrected chi connectivity index (χ3v) is 4.56. The Kier molecular flexibility index (Phi) is 5.50. The summed E-state index contributed by atoms with van der Waals surface area (Å²) in [6.45, 7) is 3.97. The number of thioether (sulfide) groups is 1. The summed E-state index contributed by atoms with van der Waals surface area (Å²) in [4.78, 5) is 16.5. The van der Waals surface area contributed by atoms with Gasteiger partial charge in [-0.3, -0.25) is 9.48 Å². The Morgan fingerprint density at radius 2 is 2.16 bits per heavy atom. The standard InChI is InChI=1S/C17H18N4O2S2/c1-11-5-4-6-13(7-11)17-18-16(20-25-17)14-8-12(2)19-21(14)9-15(22)23-10-24-3/h4-8H,9-10H2,1-3H3. The molecule has 2 aromatic heterocycles. The Bertz CT molecular complexity index is 888. The average Bonchev–Trinajstić information content (AvgIpc) is 3.19. The van der Waals surface area contributed by atoms with Gasteiger partial charge in [-0.25, -0.2) is 4.98 Å². The van der Waals surface area contributed by atoms with Gasteiger partial charge in [0.15, 0.2) is 5.82 Å². The molecule has 0 fully saturated rings. The van der Waals surface area contributed by atoms with Crippen molar-refractivity contribution in [3.05, 3.63) is 41.6 Å². The van der Waals surface area contributed by atoms with Gasteiger partial charge in [0.25, 0.3) is 0 Å². The third kappa shape index (κ3) is 4.26. The molecule has 0 aliphatic heterocycles. The van der Waals surface area contributed by atoms with Crippen LogP contribution in [-0.2, 0) is 16.1 Å². The van der Waals surface area contributed by atoms with E-state index in [-0.39, 0.29) is 12.5 Å². The Morgan fingerprint density at radius 3 is 2.92 bits per heavy atom. The number of benzene rings is 1. The zero-order chi connectivity index (χ0) is 17.8. The minimum Gasteiger partial charge on any atom is -0.453 e. The molecule has 3 rings (SSSR count). The second-order valence-electron chi connectivity index (χ2n) is 5.54. The maximum atomic E-state index is 11.9. The Hall–Kier alpha value is -2.19. The van der Waals surface area contributed by atoms with E-state index in [4.69, 9.17) is 4.74 Å². The highest BCUT2D eigenvalue weighted by Gasteiger charge is 2.17. The number of esters is 1. The zero-order valence-electron chi connectivity index (χ0n) is 14.2. The van der Waals surface area contributed by atoms with Gasteiger partial charge in [-0.05, 0) is 43.8 Å². The number of aromatic nitrogens is 4. The summed E-state index contributed by atoms with van der Waals surface area (Å²) in [5, 5.41) is 5.21. The summed E-state index contributed by atoms with van der Waals surface area (Å²) in [6.07, 6.45) is 1.88. The van der Waals surface area contributed by atoms with Crippen molar-refractivity contribution >= 4 is 29.3 Å². The summed E-state index contributed by atoms with van der Waals surface area (Å²) in [5.41, 5.74) is 3.73. The molecule has 6 nitrogen and oxygen atoms in total. The van der Waals surface area contributed by atoms with Gasteiger partial charge in [0.1, 0.15) is 23.2 Å². The molecular weight excluding hydrogens is 356 g/mol. The van der Waals surface area contributed by atoms with Gasteiger partial charge in [0.05, 0.1) is 5.69 Å². The highest BCUT2D eigenvalue weighted by atomic mass is 32.2. The van der Waals surface area contributed by atoms with Crippen LogP contribution < -0.4 is 0 Å². The van der Waals surface area contributed by atoms with Crippen LogP contribution in [0.3, 0.4) is 0 Å². The third-order valence-electron chi connectivity index (χ3n) is 3.44. The average molecular weight is 374 g/mol. The van der Waals surface area contributed by atoms with Crippen molar-refractivity contribution in [2.45, 2.75) is 20.4 Å². The molecule has 0 amide bonds. The van der Waals surface area contributed by atoms with Gasteiger partial charge in [0, 0.05) is 5.56 Å². The van der Waals surface area contributed by atoms with Crippen LogP contribution in [0.15, 0.2) is 30.3 Å². The smallest absolute Gasteiger partial charge is 0.328 e. The number of hydrogen-bond acceptors (Lipinski definition) is 7. The van der Waals surface area contributed by atoms with Crippen molar-refractivity contribution in [2.75, 3.05) is 12.2 Å². The number of rotatable bonds is 6. The van der Waals surface area contributed by atoms with Crippen molar-refractivity contribution in [3.63, 3.8) is 0 Å². The molecule has 8 heteroatoms. The van der Waals surface area contributed by atoms with Crippen molar-refractivity contribution < 1.29 is 9.53 Å². The first-order valence-corrected chi connectivity index (χ1v) is 9.83. The van der Waals surface area contributed by atoms with Gasteiger partial charge in [-0.1, -0.05) is 23.8 Å². The highest BCUT2D eigenvalue weighted by molar-refractivity contribution is 7.98. The SMILES string of the molecule is CSCOC(=O)Cn1nc(C)cc1-c1nsc(-c2cccc(C)c2)n1. The predicted molar refractivity (Wildman–Crippen MR) is 101 cm³/mol. The number of nitrogens with zero attached hydrogens (tertiary/aromatic N) is 4. The van der Waals surface area contributed by atoms with E-state index >= 15 is 0 Å². The van der Waals surface area contributed by atoms with Crippen LogP contribution in [0, 0.1) is 13.8 Å². The molecule has 0 spiro atoms. The molecule has 0 saturated heterocycles. The fraction of sp³-hybridized carbons (Fsp3) is 0.294. The summed E-state index contributed by atoms with van der Waals surface area (Å²) in [7, 11) is 0. The lowest BCUT2D eigenvalue weighted by molar-refractivity contribution is -0.142. The van der Waals surface area contributed by atoms with Gasteiger partial charge < -0.3 is 4.74 Å². The van der Waals surface area contributed by atoms with Gasteiger partial charge >= 0.3 is 5.97 Å². The summed E-state index contributed by atoms with van der Waals surface area (Å²) in [6, 6.07) is 10.0. The second-order valence-corrected chi connectivity index (χ2v) is 7.11.